The number of aryl methyl sites for hydroxylation is 1. The van der Waals surface area contributed by atoms with E-state index in [9.17, 15) is 9.59 Å². The Bertz CT molecular complexity index is 910. The number of hydrogen-bond donors (Lipinski definition) is 3. The van der Waals surface area contributed by atoms with Crippen LogP contribution in [-0.4, -0.2) is 54.5 Å². The lowest BCUT2D eigenvalue weighted by molar-refractivity contribution is -0.127. The summed E-state index contributed by atoms with van der Waals surface area (Å²) in [7, 11) is 0. The van der Waals surface area contributed by atoms with Crippen LogP contribution in [0.5, 0.6) is 0 Å². The molecule has 4 rings (SSSR count). The second kappa shape index (κ2) is 12.1. The predicted octanol–water partition coefficient (Wildman–Crippen LogP) is 3.19. The lowest BCUT2D eigenvalue weighted by Gasteiger charge is -2.24. The van der Waals surface area contributed by atoms with Crippen LogP contribution in [0.15, 0.2) is 12.2 Å². The van der Waals surface area contributed by atoms with Gasteiger partial charge in [0.1, 0.15) is 5.82 Å². The predicted molar refractivity (Wildman–Crippen MR) is 128 cm³/mol. The van der Waals surface area contributed by atoms with E-state index in [1.54, 1.807) is 11.8 Å². The summed E-state index contributed by atoms with van der Waals surface area (Å²) in [6.07, 6.45) is 10.4. The number of anilines is 2. The molecule has 1 aromatic heterocycles. The molecule has 1 aliphatic carbocycles. The van der Waals surface area contributed by atoms with Crippen LogP contribution in [0.3, 0.4) is 0 Å². The molecule has 192 valence electrons. The molecule has 0 aromatic carbocycles. The van der Waals surface area contributed by atoms with Gasteiger partial charge in [-0.05, 0) is 32.1 Å². The topological polar surface area (TPSA) is 118 Å². The highest BCUT2D eigenvalue weighted by molar-refractivity contribution is 5.81. The van der Waals surface area contributed by atoms with Crippen LogP contribution < -0.4 is 21.1 Å². The average Bonchev–Trinajstić information content (AvgIpc) is 3.57. The molecule has 0 spiro atoms. The molecule has 1 unspecified atom stereocenters. The lowest BCUT2D eigenvalue weighted by atomic mass is 9.92. The van der Waals surface area contributed by atoms with Gasteiger partial charge in [0, 0.05) is 26.1 Å². The number of amides is 2. The quantitative estimate of drug-likeness (QED) is 0.357. The van der Waals surface area contributed by atoms with E-state index in [0.717, 1.165) is 38.5 Å². The maximum atomic E-state index is 15.1. The number of aromatic nitrogens is 2. The largest absolute Gasteiger partial charge is 0.420 e. The van der Waals surface area contributed by atoms with Crippen molar-refractivity contribution >= 4 is 23.6 Å². The zero-order valence-corrected chi connectivity index (χ0v) is 20.2. The number of carbonyl (C=O) groups is 2. The number of nitrogens with zero attached hydrogens (tertiary/aromatic N) is 3. The van der Waals surface area contributed by atoms with Crippen molar-refractivity contribution in [2.24, 2.45) is 11.8 Å². The summed E-state index contributed by atoms with van der Waals surface area (Å²) in [6.45, 7) is 3.50. The van der Waals surface area contributed by atoms with Gasteiger partial charge in [-0.3, -0.25) is 15.6 Å². The molecule has 11 heteroatoms. The minimum absolute atomic E-state index is 0.0887. The molecule has 2 fully saturated rings. The number of ether oxygens (including phenoxy) is 2. The van der Waals surface area contributed by atoms with E-state index in [0.29, 0.717) is 44.3 Å². The normalized spacial score (nSPS) is 21.1. The van der Waals surface area contributed by atoms with E-state index in [4.69, 9.17) is 9.47 Å². The molecular weight excluding hydrogens is 455 g/mol. The van der Waals surface area contributed by atoms with Crippen LogP contribution >= 0.6 is 0 Å². The van der Waals surface area contributed by atoms with Crippen LogP contribution in [0.25, 0.3) is 0 Å². The summed E-state index contributed by atoms with van der Waals surface area (Å²) in [6, 6.07) is 0. The van der Waals surface area contributed by atoms with Gasteiger partial charge in [0.2, 0.25) is 18.0 Å². The van der Waals surface area contributed by atoms with Gasteiger partial charge < -0.3 is 19.7 Å². The zero-order valence-electron chi connectivity index (χ0n) is 20.2. The highest BCUT2D eigenvalue weighted by Gasteiger charge is 2.27. The van der Waals surface area contributed by atoms with Crippen LogP contribution in [0.2, 0.25) is 0 Å². The van der Waals surface area contributed by atoms with Gasteiger partial charge in [0.05, 0.1) is 12.5 Å². The Hall–Kier alpha value is -2.95. The first-order valence-corrected chi connectivity index (χ1v) is 12.6. The van der Waals surface area contributed by atoms with E-state index in [1.165, 1.54) is 0 Å². The van der Waals surface area contributed by atoms with Crippen molar-refractivity contribution in [3.63, 3.8) is 0 Å². The van der Waals surface area contributed by atoms with Crippen molar-refractivity contribution < 1.29 is 23.5 Å². The molecule has 2 aliphatic heterocycles. The van der Waals surface area contributed by atoms with Crippen LogP contribution in [0, 0.1) is 24.6 Å². The molecule has 3 heterocycles. The Morgan fingerprint density at radius 1 is 1.17 bits per heavy atom. The molecule has 1 saturated carbocycles. The number of nitrogens with one attached hydrogen (secondary N) is 3. The minimum Gasteiger partial charge on any atom is -0.420 e. The van der Waals surface area contributed by atoms with E-state index in [-0.39, 0.29) is 24.1 Å². The highest BCUT2D eigenvalue weighted by Crippen LogP contribution is 2.30. The second-order valence-electron chi connectivity index (χ2n) is 9.41. The highest BCUT2D eigenvalue weighted by atomic mass is 19.1. The van der Waals surface area contributed by atoms with Crippen LogP contribution in [0.1, 0.15) is 57.2 Å². The fourth-order valence-electron chi connectivity index (χ4n) is 4.81. The van der Waals surface area contributed by atoms with Gasteiger partial charge in [-0.2, -0.15) is 4.39 Å². The molecule has 0 bridgehead atoms. The number of alkyl carbamates (subject to hydrolysis) is 1. The van der Waals surface area contributed by atoms with Crippen molar-refractivity contribution in [2.45, 2.75) is 64.6 Å². The van der Waals surface area contributed by atoms with Gasteiger partial charge >= 0.3 is 6.09 Å². The number of hydrazine groups is 1. The Morgan fingerprint density at radius 3 is 2.63 bits per heavy atom. The third kappa shape index (κ3) is 7.03. The monoisotopic (exact) mass is 490 g/mol. The molecule has 1 saturated heterocycles. The van der Waals surface area contributed by atoms with Crippen LogP contribution in [-0.2, 0) is 14.3 Å². The standard InChI is InChI=1S/C24H35FN6O4/c1-16-27-21(20(25)22(28-16)31-11-5-6-12-31)29-30-23(32)18(14-17-8-2-3-9-17)15-26-24(33)35-19-10-4-7-13-34-19/h5-6,17-19H,2-4,7-15H2,1H3,(H,26,33)(H,30,32)(H,27,28,29)/t18-,19?/m1/s1. The molecule has 1 aromatic rings. The third-order valence-corrected chi connectivity index (χ3v) is 6.70. The third-order valence-electron chi connectivity index (χ3n) is 6.70. The number of rotatable bonds is 9. The van der Waals surface area contributed by atoms with Crippen LogP contribution in [0.4, 0.5) is 20.8 Å². The summed E-state index contributed by atoms with van der Waals surface area (Å²) in [4.78, 5) is 35.4. The molecular formula is C24H35FN6O4. The fraction of sp³-hybridized carbons (Fsp3) is 0.667. The van der Waals surface area contributed by atoms with E-state index >= 15 is 4.39 Å². The summed E-state index contributed by atoms with van der Waals surface area (Å²) in [5, 5.41) is 2.71. The Balaban J connectivity index is 1.35. The second-order valence-corrected chi connectivity index (χ2v) is 9.41. The smallest absolute Gasteiger partial charge is 0.409 e. The molecule has 2 amide bonds. The first-order valence-electron chi connectivity index (χ1n) is 12.6. The van der Waals surface area contributed by atoms with Gasteiger partial charge in [-0.25, -0.2) is 14.8 Å². The van der Waals surface area contributed by atoms with Gasteiger partial charge in [-0.1, -0.05) is 37.8 Å². The molecule has 3 aliphatic rings. The van der Waals surface area contributed by atoms with Crippen molar-refractivity contribution in [1.82, 2.24) is 20.7 Å². The zero-order chi connectivity index (χ0) is 24.6. The molecule has 2 atom stereocenters. The molecule has 0 radical (unpaired) electrons. The maximum Gasteiger partial charge on any atom is 0.409 e. The summed E-state index contributed by atoms with van der Waals surface area (Å²) in [5.74, 6) is -0.560. The molecule has 3 N–H and O–H groups in total. The first kappa shape index (κ1) is 25.2. The SMILES string of the molecule is Cc1nc(NNC(=O)[C@@H](CNC(=O)OC2CCCCO2)CC2CCCC2)c(F)c(N2CC=CC2)n1. The number of carbonyl (C=O) groups excluding carboxylic acids is 2. The van der Waals surface area contributed by atoms with Crippen molar-refractivity contribution in [1.29, 1.82) is 0 Å². The van der Waals surface area contributed by atoms with Crippen molar-refractivity contribution in [2.75, 3.05) is 36.6 Å². The molecule has 10 nitrogen and oxygen atoms in total. The van der Waals surface area contributed by atoms with E-state index in [2.05, 4.69) is 26.1 Å². The number of halogens is 1. The summed E-state index contributed by atoms with van der Waals surface area (Å²) < 4.78 is 25.8. The van der Waals surface area contributed by atoms with Crippen molar-refractivity contribution in [3.05, 3.63) is 23.8 Å². The Labute approximate surface area is 205 Å². The number of hydrogen-bond acceptors (Lipinski definition) is 8. The van der Waals surface area contributed by atoms with Crippen molar-refractivity contribution in [3.8, 4) is 0 Å². The average molecular weight is 491 g/mol. The van der Waals surface area contributed by atoms with E-state index < -0.39 is 24.1 Å². The van der Waals surface area contributed by atoms with E-state index in [1.807, 2.05) is 12.2 Å². The lowest BCUT2D eigenvalue weighted by Crippen LogP contribution is -2.43. The molecule has 35 heavy (non-hydrogen) atoms. The summed E-state index contributed by atoms with van der Waals surface area (Å²) in [5.41, 5.74) is 5.23. The van der Waals surface area contributed by atoms with Gasteiger partial charge in [0.25, 0.3) is 0 Å². The van der Waals surface area contributed by atoms with Gasteiger partial charge in [-0.15, -0.1) is 0 Å². The Kier molecular flexibility index (Phi) is 8.73. The maximum absolute atomic E-state index is 15.1. The first-order chi connectivity index (χ1) is 17.0. The minimum atomic E-state index is -0.624. The summed E-state index contributed by atoms with van der Waals surface area (Å²) >= 11 is 0. The Morgan fingerprint density at radius 2 is 1.91 bits per heavy atom. The fourth-order valence-corrected chi connectivity index (χ4v) is 4.81. The van der Waals surface area contributed by atoms with Gasteiger partial charge in [0.15, 0.2) is 11.6 Å².